The number of carbonyl (C=O) groups is 2. The maximum Gasteiger partial charge on any atom is 0.261 e. The fraction of sp³-hybridized carbons (Fsp3) is 0.167. The van der Waals surface area contributed by atoms with Crippen molar-refractivity contribution in [2.45, 2.75) is 13.5 Å². The van der Waals surface area contributed by atoms with Crippen LogP contribution in [0.5, 0.6) is 0 Å². The summed E-state index contributed by atoms with van der Waals surface area (Å²) in [5, 5.41) is 0.442. The smallest absolute Gasteiger partial charge is 0.261 e. The first-order chi connectivity index (χ1) is 9.08. The van der Waals surface area contributed by atoms with Gasteiger partial charge in [-0.3, -0.25) is 29.8 Å². The van der Waals surface area contributed by atoms with Gasteiger partial charge in [0.1, 0.15) is 6.54 Å². The quantitative estimate of drug-likeness (QED) is 0.716. The molecule has 7 nitrogen and oxygen atoms in total. The SMILES string of the molecule is CC(=O)NNC(=O)Cn1cnc2ccccc2c1=O. The number of fused-ring (bicyclic) bond motifs is 1. The average molecular weight is 260 g/mol. The minimum absolute atomic E-state index is 0.211. The Balaban J connectivity index is 2.22. The summed E-state index contributed by atoms with van der Waals surface area (Å²) in [6.07, 6.45) is 1.30. The molecule has 1 heterocycles. The van der Waals surface area contributed by atoms with Crippen LogP contribution < -0.4 is 16.4 Å². The van der Waals surface area contributed by atoms with Gasteiger partial charge in [-0.2, -0.15) is 0 Å². The van der Waals surface area contributed by atoms with Crippen molar-refractivity contribution in [2.24, 2.45) is 0 Å². The molecular formula is C12H12N4O3. The molecule has 2 N–H and O–H groups in total. The number of para-hydroxylation sites is 1. The van der Waals surface area contributed by atoms with Crippen molar-refractivity contribution in [3.63, 3.8) is 0 Å². The highest BCUT2D eigenvalue weighted by Crippen LogP contribution is 2.04. The van der Waals surface area contributed by atoms with E-state index < -0.39 is 11.8 Å². The van der Waals surface area contributed by atoms with Crippen LogP contribution in [0.2, 0.25) is 0 Å². The fourth-order valence-electron chi connectivity index (χ4n) is 1.57. The molecule has 0 bridgehead atoms. The first-order valence-corrected chi connectivity index (χ1v) is 5.57. The molecule has 0 atom stereocenters. The van der Waals surface area contributed by atoms with Gasteiger partial charge in [0, 0.05) is 6.92 Å². The minimum atomic E-state index is -0.505. The summed E-state index contributed by atoms with van der Waals surface area (Å²) in [6.45, 7) is 1.06. The van der Waals surface area contributed by atoms with Gasteiger partial charge in [-0.1, -0.05) is 12.1 Å². The number of hydrogen-bond donors (Lipinski definition) is 2. The van der Waals surface area contributed by atoms with Gasteiger partial charge < -0.3 is 0 Å². The standard InChI is InChI=1S/C12H12N4O3/c1-8(17)14-15-11(18)6-16-7-13-10-5-3-2-4-9(10)12(16)19/h2-5,7H,6H2,1H3,(H,14,17)(H,15,18). The second-order valence-corrected chi connectivity index (χ2v) is 3.92. The zero-order valence-corrected chi connectivity index (χ0v) is 10.2. The first-order valence-electron chi connectivity index (χ1n) is 5.57. The zero-order chi connectivity index (χ0) is 13.8. The van der Waals surface area contributed by atoms with Gasteiger partial charge in [-0.05, 0) is 12.1 Å². The summed E-state index contributed by atoms with van der Waals surface area (Å²) in [5.41, 5.74) is 4.60. The second-order valence-electron chi connectivity index (χ2n) is 3.92. The normalized spacial score (nSPS) is 10.2. The Bertz CT molecular complexity index is 693. The minimum Gasteiger partial charge on any atom is -0.289 e. The van der Waals surface area contributed by atoms with Crippen LogP contribution >= 0.6 is 0 Å². The summed E-state index contributed by atoms with van der Waals surface area (Å²) in [4.78, 5) is 38.3. The summed E-state index contributed by atoms with van der Waals surface area (Å²) in [5.74, 6) is -0.897. The van der Waals surface area contributed by atoms with Gasteiger partial charge in [0.2, 0.25) is 5.91 Å². The van der Waals surface area contributed by atoms with Gasteiger partial charge in [-0.15, -0.1) is 0 Å². The van der Waals surface area contributed by atoms with Crippen molar-refractivity contribution in [1.82, 2.24) is 20.4 Å². The lowest BCUT2D eigenvalue weighted by Crippen LogP contribution is -2.43. The van der Waals surface area contributed by atoms with Gasteiger partial charge in [-0.25, -0.2) is 4.98 Å². The third-order valence-corrected chi connectivity index (χ3v) is 2.42. The lowest BCUT2D eigenvalue weighted by molar-refractivity contribution is -0.128. The number of hydrogen-bond acceptors (Lipinski definition) is 4. The van der Waals surface area contributed by atoms with Gasteiger partial charge in [0.05, 0.1) is 17.2 Å². The molecule has 0 unspecified atom stereocenters. The zero-order valence-electron chi connectivity index (χ0n) is 10.2. The number of hydrazine groups is 1. The topological polar surface area (TPSA) is 93.1 Å². The Hall–Kier alpha value is -2.70. The van der Waals surface area contributed by atoms with Crippen LogP contribution in [0.4, 0.5) is 0 Å². The summed E-state index contributed by atoms with van der Waals surface area (Å²) in [7, 11) is 0. The number of nitrogens with one attached hydrogen (secondary N) is 2. The highest BCUT2D eigenvalue weighted by Gasteiger charge is 2.07. The highest BCUT2D eigenvalue weighted by atomic mass is 16.2. The third-order valence-electron chi connectivity index (χ3n) is 2.42. The van der Waals surface area contributed by atoms with E-state index in [9.17, 15) is 14.4 Å². The summed E-state index contributed by atoms with van der Waals surface area (Å²) < 4.78 is 1.18. The van der Waals surface area contributed by atoms with Crippen molar-refractivity contribution >= 4 is 22.7 Å². The molecule has 0 aliphatic rings. The van der Waals surface area contributed by atoms with Crippen LogP contribution in [0.3, 0.4) is 0 Å². The Kier molecular flexibility index (Phi) is 3.56. The van der Waals surface area contributed by atoms with Gasteiger partial charge in [0.25, 0.3) is 11.5 Å². The van der Waals surface area contributed by atoms with E-state index in [0.29, 0.717) is 10.9 Å². The largest absolute Gasteiger partial charge is 0.289 e. The van der Waals surface area contributed by atoms with Crippen LogP contribution in [0.1, 0.15) is 6.92 Å². The molecule has 2 aromatic rings. The maximum atomic E-state index is 12.1. The second kappa shape index (κ2) is 5.30. The van der Waals surface area contributed by atoms with E-state index in [1.54, 1.807) is 24.3 Å². The molecule has 98 valence electrons. The molecule has 7 heteroatoms. The molecule has 1 aromatic carbocycles. The van der Waals surface area contributed by atoms with Crippen molar-refractivity contribution in [1.29, 1.82) is 0 Å². The highest BCUT2D eigenvalue weighted by molar-refractivity contribution is 5.81. The molecule has 0 saturated heterocycles. The molecule has 0 aliphatic carbocycles. The monoisotopic (exact) mass is 260 g/mol. The third kappa shape index (κ3) is 2.95. The molecule has 0 radical (unpaired) electrons. The van der Waals surface area contributed by atoms with Crippen LogP contribution in [-0.4, -0.2) is 21.4 Å². The predicted octanol–water partition coefficient (Wildman–Crippen LogP) is -0.436. The predicted molar refractivity (Wildman–Crippen MR) is 68.0 cm³/mol. The molecule has 0 saturated carbocycles. The van der Waals surface area contributed by atoms with E-state index in [0.717, 1.165) is 0 Å². The van der Waals surface area contributed by atoms with Crippen molar-refractivity contribution in [3.05, 3.63) is 40.9 Å². The van der Waals surface area contributed by atoms with E-state index >= 15 is 0 Å². The van der Waals surface area contributed by atoms with Crippen LogP contribution in [0.25, 0.3) is 10.9 Å². The average Bonchev–Trinajstić information content (AvgIpc) is 2.40. The van der Waals surface area contributed by atoms with Crippen LogP contribution in [-0.2, 0) is 16.1 Å². The number of aromatic nitrogens is 2. The fourth-order valence-corrected chi connectivity index (χ4v) is 1.57. The number of carbonyl (C=O) groups excluding carboxylic acids is 2. The lowest BCUT2D eigenvalue weighted by atomic mass is 10.2. The molecule has 19 heavy (non-hydrogen) atoms. The first kappa shape index (κ1) is 12.7. The van der Waals surface area contributed by atoms with Crippen molar-refractivity contribution in [2.75, 3.05) is 0 Å². The van der Waals surface area contributed by atoms with Crippen LogP contribution in [0.15, 0.2) is 35.4 Å². The Morgan fingerprint density at radius 2 is 2.00 bits per heavy atom. The van der Waals surface area contributed by atoms with Gasteiger partial charge >= 0.3 is 0 Å². The Morgan fingerprint density at radius 3 is 2.74 bits per heavy atom. The van der Waals surface area contributed by atoms with Crippen molar-refractivity contribution in [3.8, 4) is 0 Å². The van der Waals surface area contributed by atoms with E-state index in [1.165, 1.54) is 17.8 Å². The molecule has 0 aliphatic heterocycles. The number of amides is 2. The van der Waals surface area contributed by atoms with E-state index in [4.69, 9.17) is 0 Å². The number of benzene rings is 1. The number of nitrogens with zero attached hydrogens (tertiary/aromatic N) is 2. The summed E-state index contributed by atoms with van der Waals surface area (Å²) in [6, 6.07) is 6.88. The number of rotatable bonds is 2. The molecule has 1 aromatic heterocycles. The Labute approximate surface area is 108 Å². The lowest BCUT2D eigenvalue weighted by Gasteiger charge is -2.07. The molecule has 0 fully saturated rings. The van der Waals surface area contributed by atoms with Gasteiger partial charge in [0.15, 0.2) is 0 Å². The molecular weight excluding hydrogens is 248 g/mol. The summed E-state index contributed by atoms with van der Waals surface area (Å²) >= 11 is 0. The van der Waals surface area contributed by atoms with Crippen LogP contribution in [0, 0.1) is 0 Å². The van der Waals surface area contributed by atoms with E-state index in [-0.39, 0.29) is 12.1 Å². The van der Waals surface area contributed by atoms with E-state index in [1.807, 2.05) is 0 Å². The maximum absolute atomic E-state index is 12.1. The van der Waals surface area contributed by atoms with Crippen molar-refractivity contribution < 1.29 is 9.59 Å². The molecule has 2 rings (SSSR count). The van der Waals surface area contributed by atoms with E-state index in [2.05, 4.69) is 15.8 Å². The molecule has 0 spiro atoms. The Morgan fingerprint density at radius 1 is 1.26 bits per heavy atom. The molecule has 2 amide bonds.